The van der Waals surface area contributed by atoms with E-state index < -0.39 is 35.6 Å². The second-order valence-corrected chi connectivity index (χ2v) is 8.37. The molecule has 0 bridgehead atoms. The number of aliphatic hydroxyl groups excluding tert-OH is 2. The zero-order chi connectivity index (χ0) is 23.8. The summed E-state index contributed by atoms with van der Waals surface area (Å²) in [5.74, 6) is -0.846. The standard InChI is InChI=1S/C25H32FNO6/c1-17-7-3-4-8-18(17)16-33-25(24(30)27-11-12-31-2)13-21(28)23(29)22(14-25)32-15-19-9-5-6-10-20(19)26/h3-10,21-23,28-29H,11-16H2,1-2H3,(H,27,30)/t21-,22?,23-,25+/m1/s1. The van der Waals surface area contributed by atoms with Gasteiger partial charge in [-0.25, -0.2) is 4.39 Å². The van der Waals surface area contributed by atoms with Crippen molar-refractivity contribution in [2.45, 2.75) is 56.9 Å². The molecule has 0 heterocycles. The van der Waals surface area contributed by atoms with Gasteiger partial charge >= 0.3 is 0 Å². The first-order valence-corrected chi connectivity index (χ1v) is 11.0. The summed E-state index contributed by atoms with van der Waals surface area (Å²) in [7, 11) is 1.53. The first-order chi connectivity index (χ1) is 15.9. The highest BCUT2D eigenvalue weighted by atomic mass is 19.1. The summed E-state index contributed by atoms with van der Waals surface area (Å²) in [6.45, 7) is 2.57. The molecule has 1 saturated carbocycles. The number of ether oxygens (including phenoxy) is 3. The first kappa shape index (κ1) is 25.3. The molecule has 2 aromatic carbocycles. The fraction of sp³-hybridized carbons (Fsp3) is 0.480. The number of hydrogen-bond donors (Lipinski definition) is 3. The largest absolute Gasteiger partial charge is 0.390 e. The minimum Gasteiger partial charge on any atom is -0.390 e. The van der Waals surface area contributed by atoms with Crippen LogP contribution in [-0.2, 0) is 32.2 Å². The molecule has 180 valence electrons. The Morgan fingerprint density at radius 3 is 2.48 bits per heavy atom. The maximum absolute atomic E-state index is 14.0. The van der Waals surface area contributed by atoms with Crippen LogP contribution in [0.15, 0.2) is 48.5 Å². The molecule has 33 heavy (non-hydrogen) atoms. The topological polar surface area (TPSA) is 97.3 Å². The molecule has 1 aliphatic rings. The van der Waals surface area contributed by atoms with E-state index in [1.54, 1.807) is 18.2 Å². The van der Waals surface area contributed by atoms with Gasteiger partial charge in [-0.05, 0) is 24.1 Å². The zero-order valence-corrected chi connectivity index (χ0v) is 19.0. The number of amides is 1. The molecule has 0 saturated heterocycles. The lowest BCUT2D eigenvalue weighted by Crippen LogP contribution is -2.60. The molecular weight excluding hydrogens is 429 g/mol. The van der Waals surface area contributed by atoms with Gasteiger partial charge in [0.05, 0.1) is 32.0 Å². The molecule has 0 aromatic heterocycles. The van der Waals surface area contributed by atoms with Crippen molar-refractivity contribution >= 4 is 5.91 Å². The second kappa shape index (κ2) is 11.7. The van der Waals surface area contributed by atoms with Crippen LogP contribution < -0.4 is 5.32 Å². The maximum Gasteiger partial charge on any atom is 0.252 e. The normalized spacial score (nSPS) is 25.1. The lowest BCUT2D eigenvalue weighted by Gasteiger charge is -2.44. The van der Waals surface area contributed by atoms with Crippen molar-refractivity contribution in [2.24, 2.45) is 0 Å². The van der Waals surface area contributed by atoms with Crippen LogP contribution in [0.4, 0.5) is 4.39 Å². The Morgan fingerprint density at radius 2 is 1.79 bits per heavy atom. The summed E-state index contributed by atoms with van der Waals surface area (Å²) in [4.78, 5) is 13.2. The fourth-order valence-electron chi connectivity index (χ4n) is 3.99. The van der Waals surface area contributed by atoms with E-state index in [1.165, 1.54) is 13.2 Å². The molecule has 0 aliphatic heterocycles. The number of carbonyl (C=O) groups excluding carboxylic acids is 1. The number of carbonyl (C=O) groups is 1. The van der Waals surface area contributed by atoms with Crippen LogP contribution in [0.5, 0.6) is 0 Å². The highest BCUT2D eigenvalue weighted by Gasteiger charge is 2.51. The van der Waals surface area contributed by atoms with Crippen LogP contribution in [0.3, 0.4) is 0 Å². The SMILES string of the molecule is COCCNC(=O)[C@@]1(OCc2ccccc2C)CC(OCc2ccccc2F)[C@H](O)[C@H](O)C1. The Hall–Kier alpha value is -2.36. The van der Waals surface area contributed by atoms with Gasteiger partial charge < -0.3 is 29.7 Å². The second-order valence-electron chi connectivity index (χ2n) is 8.37. The Bertz CT molecular complexity index is 925. The van der Waals surface area contributed by atoms with E-state index in [0.717, 1.165) is 11.1 Å². The van der Waals surface area contributed by atoms with Crippen molar-refractivity contribution in [2.75, 3.05) is 20.3 Å². The smallest absolute Gasteiger partial charge is 0.252 e. The van der Waals surface area contributed by atoms with Crippen LogP contribution >= 0.6 is 0 Å². The Labute approximate surface area is 193 Å². The molecule has 3 N–H and O–H groups in total. The minimum absolute atomic E-state index is 0.00434. The van der Waals surface area contributed by atoms with Gasteiger partial charge in [0.2, 0.25) is 0 Å². The highest BCUT2D eigenvalue weighted by Crippen LogP contribution is 2.36. The fourth-order valence-corrected chi connectivity index (χ4v) is 3.99. The van der Waals surface area contributed by atoms with E-state index >= 15 is 0 Å². The molecule has 0 spiro atoms. The van der Waals surface area contributed by atoms with Crippen molar-refractivity contribution < 1.29 is 33.6 Å². The summed E-state index contributed by atoms with van der Waals surface area (Å²) in [6.07, 6.45) is -3.52. The van der Waals surface area contributed by atoms with Gasteiger partial charge in [0.25, 0.3) is 5.91 Å². The van der Waals surface area contributed by atoms with E-state index in [1.807, 2.05) is 31.2 Å². The lowest BCUT2D eigenvalue weighted by atomic mass is 9.78. The molecule has 1 amide bonds. The Morgan fingerprint density at radius 1 is 1.09 bits per heavy atom. The van der Waals surface area contributed by atoms with Crippen LogP contribution in [0.25, 0.3) is 0 Å². The van der Waals surface area contributed by atoms with E-state index in [4.69, 9.17) is 14.2 Å². The molecule has 7 nitrogen and oxygen atoms in total. The van der Waals surface area contributed by atoms with E-state index in [0.29, 0.717) is 12.2 Å². The quantitative estimate of drug-likeness (QED) is 0.470. The van der Waals surface area contributed by atoms with Crippen LogP contribution in [0, 0.1) is 12.7 Å². The van der Waals surface area contributed by atoms with Crippen LogP contribution in [0.1, 0.15) is 29.5 Å². The van der Waals surface area contributed by atoms with Crippen LogP contribution in [0.2, 0.25) is 0 Å². The minimum atomic E-state index is -1.44. The third-order valence-corrected chi connectivity index (χ3v) is 6.03. The number of rotatable bonds is 10. The van der Waals surface area contributed by atoms with Crippen molar-refractivity contribution in [3.05, 3.63) is 71.0 Å². The molecule has 4 atom stereocenters. The highest BCUT2D eigenvalue weighted by molar-refractivity contribution is 5.85. The summed E-state index contributed by atoms with van der Waals surface area (Å²) in [5.41, 5.74) is 0.803. The van der Waals surface area contributed by atoms with E-state index in [9.17, 15) is 19.4 Å². The van der Waals surface area contributed by atoms with Crippen molar-refractivity contribution in [1.29, 1.82) is 0 Å². The summed E-state index contributed by atoms with van der Waals surface area (Å²) < 4.78 is 31.0. The van der Waals surface area contributed by atoms with Gasteiger partial charge in [0.1, 0.15) is 11.9 Å². The predicted octanol–water partition coefficient (Wildman–Crippen LogP) is 2.25. The molecule has 1 fully saturated rings. The predicted molar refractivity (Wildman–Crippen MR) is 120 cm³/mol. The number of aryl methyl sites for hydroxylation is 1. The molecular formula is C25H32FNO6. The van der Waals surface area contributed by atoms with Crippen molar-refractivity contribution in [1.82, 2.24) is 5.32 Å². The number of halogens is 1. The molecule has 3 rings (SSSR count). The number of benzene rings is 2. The zero-order valence-electron chi connectivity index (χ0n) is 19.0. The molecule has 1 aliphatic carbocycles. The van der Waals surface area contributed by atoms with Crippen molar-refractivity contribution in [3.8, 4) is 0 Å². The van der Waals surface area contributed by atoms with Gasteiger partial charge in [-0.3, -0.25) is 4.79 Å². The average molecular weight is 462 g/mol. The summed E-state index contributed by atoms with van der Waals surface area (Å²) in [5, 5.41) is 24.0. The van der Waals surface area contributed by atoms with Crippen LogP contribution in [-0.4, -0.2) is 60.3 Å². The van der Waals surface area contributed by atoms with Gasteiger partial charge in [0.15, 0.2) is 5.60 Å². The maximum atomic E-state index is 14.0. The number of nitrogens with one attached hydrogen (secondary N) is 1. The van der Waals surface area contributed by atoms with Gasteiger partial charge in [-0.15, -0.1) is 0 Å². The molecule has 0 radical (unpaired) electrons. The average Bonchev–Trinajstić information content (AvgIpc) is 2.81. The summed E-state index contributed by atoms with van der Waals surface area (Å²) >= 11 is 0. The molecule has 8 heteroatoms. The monoisotopic (exact) mass is 461 g/mol. The van der Waals surface area contributed by atoms with Gasteiger partial charge in [-0.2, -0.15) is 0 Å². The van der Waals surface area contributed by atoms with E-state index in [2.05, 4.69) is 5.32 Å². The third kappa shape index (κ3) is 6.37. The van der Waals surface area contributed by atoms with Crippen molar-refractivity contribution in [3.63, 3.8) is 0 Å². The Balaban J connectivity index is 1.80. The third-order valence-electron chi connectivity index (χ3n) is 6.03. The molecule has 1 unspecified atom stereocenters. The lowest BCUT2D eigenvalue weighted by molar-refractivity contribution is -0.200. The Kier molecular flexibility index (Phi) is 8.94. The first-order valence-electron chi connectivity index (χ1n) is 11.0. The summed E-state index contributed by atoms with van der Waals surface area (Å²) in [6, 6.07) is 13.8. The number of methoxy groups -OCH3 is 1. The molecule has 2 aromatic rings. The van der Waals surface area contributed by atoms with Gasteiger partial charge in [-0.1, -0.05) is 42.5 Å². The van der Waals surface area contributed by atoms with Gasteiger partial charge in [0, 0.05) is 32.1 Å². The van der Waals surface area contributed by atoms with E-state index in [-0.39, 0.29) is 32.6 Å². The number of aliphatic hydroxyl groups is 2. The number of hydrogen-bond acceptors (Lipinski definition) is 6.